The van der Waals surface area contributed by atoms with E-state index >= 15 is 8.78 Å². The molecule has 0 saturated carbocycles. The molecule has 44 heavy (non-hydrogen) atoms. The van der Waals surface area contributed by atoms with E-state index in [1.54, 1.807) is 12.1 Å². The van der Waals surface area contributed by atoms with Crippen molar-refractivity contribution in [1.29, 1.82) is 10.5 Å². The zero-order valence-corrected chi connectivity index (χ0v) is 21.6. The molecule has 4 aromatic carbocycles. The standard InChI is InChI=1S/C33H9F7N4/c1-43-23(12-41)25-19-9-15(14-4-3-5-16(8-14)33(38,39)40)6-7-17(19)18-10-21-22(11-20(18)25)27-28(26(21)24(13-42)44-2)30(35)32(37)31(36)29(27)34/h3-11H/b25-23+,26-24+. The zero-order valence-electron chi connectivity index (χ0n) is 21.6. The SMILES string of the molecule is [C-]#[N+]/C(C#N)=C1\c2cc(-c3cccc(C(F)(F)F)c3)ccc2-c2cc3c(cc21)-c1c(F)c(F)c(F)c(F)c1/C3=C(\C#N)[N+]#[C-]. The summed E-state index contributed by atoms with van der Waals surface area (Å²) >= 11 is 0. The topological polar surface area (TPSA) is 56.3 Å². The van der Waals surface area contributed by atoms with Gasteiger partial charge in [0.25, 0.3) is 11.4 Å². The number of rotatable bonds is 1. The van der Waals surface area contributed by atoms with Gasteiger partial charge in [0.1, 0.15) is 0 Å². The molecule has 0 heterocycles. The summed E-state index contributed by atoms with van der Waals surface area (Å²) in [5, 5.41) is 19.4. The number of nitrogens with zero attached hydrogens (tertiary/aromatic N) is 4. The number of allylic oxidation sites excluding steroid dienone is 2. The summed E-state index contributed by atoms with van der Waals surface area (Å²) in [7, 11) is 0. The third kappa shape index (κ3) is 3.81. The molecule has 4 aromatic rings. The summed E-state index contributed by atoms with van der Waals surface area (Å²) in [4.78, 5) is 6.36. The Morgan fingerprint density at radius 1 is 0.591 bits per heavy atom. The second-order valence-electron chi connectivity index (χ2n) is 9.68. The average Bonchev–Trinajstić information content (AvgIpc) is 3.51. The second-order valence-corrected chi connectivity index (χ2v) is 9.68. The third-order valence-corrected chi connectivity index (χ3v) is 7.49. The van der Waals surface area contributed by atoms with Gasteiger partial charge in [-0.2, -0.15) is 13.2 Å². The van der Waals surface area contributed by atoms with Crippen LogP contribution in [0, 0.1) is 59.1 Å². The second kappa shape index (κ2) is 9.70. The third-order valence-electron chi connectivity index (χ3n) is 7.49. The normalized spacial score (nSPS) is 14.7. The van der Waals surface area contributed by atoms with Crippen LogP contribution in [0.1, 0.15) is 27.8 Å². The van der Waals surface area contributed by atoms with Crippen LogP contribution in [0.2, 0.25) is 0 Å². The first kappa shape index (κ1) is 28.0. The summed E-state index contributed by atoms with van der Waals surface area (Å²) < 4.78 is 99.4. The molecule has 4 nitrogen and oxygen atoms in total. The lowest BCUT2D eigenvalue weighted by Crippen LogP contribution is -2.04. The largest absolute Gasteiger partial charge is 0.416 e. The van der Waals surface area contributed by atoms with Gasteiger partial charge in [0.2, 0.25) is 0 Å². The fourth-order valence-corrected chi connectivity index (χ4v) is 5.66. The van der Waals surface area contributed by atoms with Crippen molar-refractivity contribution in [2.75, 3.05) is 0 Å². The van der Waals surface area contributed by atoms with Crippen molar-refractivity contribution in [1.82, 2.24) is 0 Å². The van der Waals surface area contributed by atoms with Crippen LogP contribution in [-0.2, 0) is 6.18 Å². The number of halogens is 7. The molecule has 0 bridgehead atoms. The van der Waals surface area contributed by atoms with Crippen LogP contribution in [0.4, 0.5) is 30.7 Å². The lowest BCUT2D eigenvalue weighted by molar-refractivity contribution is -0.137. The van der Waals surface area contributed by atoms with Gasteiger partial charge in [-0.15, -0.1) is 0 Å². The Morgan fingerprint density at radius 3 is 1.75 bits per heavy atom. The van der Waals surface area contributed by atoms with Crippen LogP contribution >= 0.6 is 0 Å². The van der Waals surface area contributed by atoms with Crippen molar-refractivity contribution in [3.63, 3.8) is 0 Å². The fourth-order valence-electron chi connectivity index (χ4n) is 5.66. The van der Waals surface area contributed by atoms with Gasteiger partial charge in [-0.05, 0) is 74.8 Å². The summed E-state index contributed by atoms with van der Waals surface area (Å²) in [6.07, 6.45) is -4.61. The molecule has 0 atom stereocenters. The van der Waals surface area contributed by atoms with Gasteiger partial charge >= 0.3 is 6.18 Å². The maximum absolute atomic E-state index is 15.3. The first-order valence-corrected chi connectivity index (χ1v) is 12.4. The molecule has 11 heteroatoms. The highest BCUT2D eigenvalue weighted by molar-refractivity contribution is 6.11. The van der Waals surface area contributed by atoms with Gasteiger partial charge in [-0.25, -0.2) is 37.8 Å². The fraction of sp³-hybridized carbons (Fsp3) is 0.0303. The Balaban J connectivity index is 1.68. The molecule has 0 spiro atoms. The number of nitriles is 2. The van der Waals surface area contributed by atoms with Crippen molar-refractivity contribution in [3.8, 4) is 45.5 Å². The van der Waals surface area contributed by atoms with Crippen LogP contribution in [-0.4, -0.2) is 0 Å². The van der Waals surface area contributed by atoms with Crippen LogP contribution in [0.15, 0.2) is 66.0 Å². The van der Waals surface area contributed by atoms with E-state index in [1.165, 1.54) is 42.5 Å². The maximum atomic E-state index is 15.3. The molecular formula is C33H9F7N4. The zero-order chi connectivity index (χ0) is 31.7. The Hall–Kier alpha value is -6.17. The predicted octanol–water partition coefficient (Wildman–Crippen LogP) is 9.29. The van der Waals surface area contributed by atoms with E-state index in [0.29, 0.717) is 11.1 Å². The lowest BCUT2D eigenvalue weighted by atomic mass is 9.94. The van der Waals surface area contributed by atoms with Crippen molar-refractivity contribution >= 4 is 11.1 Å². The molecule has 210 valence electrons. The predicted molar refractivity (Wildman–Crippen MR) is 144 cm³/mol. The van der Waals surface area contributed by atoms with Gasteiger partial charge in [0.15, 0.2) is 23.3 Å². The van der Waals surface area contributed by atoms with E-state index in [-0.39, 0.29) is 39.0 Å². The molecule has 6 rings (SSSR count). The van der Waals surface area contributed by atoms with Gasteiger partial charge in [-0.1, -0.05) is 24.3 Å². The van der Waals surface area contributed by atoms with Crippen LogP contribution < -0.4 is 0 Å². The molecule has 0 aromatic heterocycles. The molecule has 0 aliphatic heterocycles. The van der Waals surface area contributed by atoms with Crippen LogP contribution in [0.3, 0.4) is 0 Å². The Labute approximate surface area is 244 Å². The molecule has 0 unspecified atom stereocenters. The first-order valence-electron chi connectivity index (χ1n) is 12.4. The quantitative estimate of drug-likeness (QED) is 0.0627. The summed E-state index contributed by atoms with van der Waals surface area (Å²) in [5.74, 6) is -7.81. The summed E-state index contributed by atoms with van der Waals surface area (Å²) in [6, 6.07) is 15.0. The highest BCUT2D eigenvalue weighted by atomic mass is 19.4. The van der Waals surface area contributed by atoms with E-state index in [0.717, 1.165) is 12.1 Å². The average molecular weight is 594 g/mol. The summed E-state index contributed by atoms with van der Waals surface area (Å²) in [5.41, 5.74) is -2.79. The molecule has 2 aliphatic rings. The van der Waals surface area contributed by atoms with E-state index in [1.807, 2.05) is 0 Å². The van der Waals surface area contributed by atoms with E-state index < -0.39 is 63.1 Å². The minimum Gasteiger partial charge on any atom is -0.226 e. The monoisotopic (exact) mass is 594 g/mol. The van der Waals surface area contributed by atoms with Gasteiger partial charge in [0.05, 0.1) is 30.8 Å². The number of alkyl halides is 3. The minimum atomic E-state index is -4.61. The highest BCUT2D eigenvalue weighted by Gasteiger charge is 2.39. The van der Waals surface area contributed by atoms with Crippen molar-refractivity contribution in [2.45, 2.75) is 6.18 Å². The Bertz CT molecular complexity index is 2220. The smallest absolute Gasteiger partial charge is 0.226 e. The maximum Gasteiger partial charge on any atom is 0.416 e. The molecule has 0 amide bonds. The van der Waals surface area contributed by atoms with E-state index in [4.69, 9.17) is 13.1 Å². The number of hydrogen-bond donors (Lipinski definition) is 0. The number of benzene rings is 4. The summed E-state index contributed by atoms with van der Waals surface area (Å²) in [6.45, 7) is 15.0. The van der Waals surface area contributed by atoms with E-state index in [9.17, 15) is 32.5 Å². The molecule has 0 N–H and O–H groups in total. The molecular weight excluding hydrogens is 585 g/mol. The first-order chi connectivity index (χ1) is 21.0. The van der Waals surface area contributed by atoms with Gasteiger partial charge in [0, 0.05) is 22.3 Å². The molecule has 0 radical (unpaired) electrons. The molecule has 0 saturated heterocycles. The van der Waals surface area contributed by atoms with Crippen molar-refractivity contribution < 1.29 is 30.7 Å². The molecule has 0 fully saturated rings. The highest BCUT2D eigenvalue weighted by Crippen LogP contribution is 2.55. The van der Waals surface area contributed by atoms with Crippen LogP contribution in [0.25, 0.3) is 54.2 Å². The molecule has 2 aliphatic carbocycles. The van der Waals surface area contributed by atoms with Crippen molar-refractivity contribution in [2.24, 2.45) is 0 Å². The Kier molecular flexibility index (Phi) is 6.16. The lowest BCUT2D eigenvalue weighted by Gasteiger charge is -2.11. The minimum absolute atomic E-state index is 0.0252. The van der Waals surface area contributed by atoms with Gasteiger partial charge in [-0.3, -0.25) is 0 Å². The van der Waals surface area contributed by atoms with Crippen molar-refractivity contribution in [3.05, 3.63) is 140 Å². The number of hydrogen-bond acceptors (Lipinski definition) is 2. The van der Waals surface area contributed by atoms with Gasteiger partial charge < -0.3 is 0 Å². The van der Waals surface area contributed by atoms with Crippen LogP contribution in [0.5, 0.6) is 0 Å². The number of fused-ring (bicyclic) bond motifs is 6. The Morgan fingerprint density at radius 2 is 1.14 bits per heavy atom. The van der Waals surface area contributed by atoms with E-state index in [2.05, 4.69) is 9.69 Å².